The molecular formula is C38H27N. The maximum atomic E-state index is 2.46. The van der Waals surface area contributed by atoms with Gasteiger partial charge in [-0.3, -0.25) is 0 Å². The SMILES string of the molecule is Cc1ccccc1-c1cc(-c2ccc3c(c2)c2cccc4c5cc(-c6ccccc6)ccc5n3c42)ccc1C. The van der Waals surface area contributed by atoms with Gasteiger partial charge in [-0.05, 0) is 88.7 Å². The Labute approximate surface area is 227 Å². The van der Waals surface area contributed by atoms with Crippen LogP contribution in [0.15, 0.2) is 127 Å². The molecule has 8 aromatic rings. The number of rotatable bonds is 3. The van der Waals surface area contributed by atoms with Gasteiger partial charge in [0.1, 0.15) is 0 Å². The molecule has 0 N–H and O–H groups in total. The Balaban J connectivity index is 1.34. The van der Waals surface area contributed by atoms with E-state index in [-0.39, 0.29) is 0 Å². The largest absolute Gasteiger partial charge is 0.308 e. The van der Waals surface area contributed by atoms with Gasteiger partial charge in [-0.25, -0.2) is 0 Å². The molecule has 1 heteroatoms. The molecule has 0 radical (unpaired) electrons. The van der Waals surface area contributed by atoms with Gasteiger partial charge in [0.25, 0.3) is 0 Å². The Kier molecular flexibility index (Phi) is 4.72. The standard InChI is InChI=1S/C38H27N/c1-24-9-6-7-12-30(24)33-21-28(16-15-25(33)2)29-18-20-37-35(23-29)32-14-8-13-31-34-22-27(26-10-4-3-5-11-26)17-19-36(34)39(37)38(31)32/h3-23H,1-2H3. The van der Waals surface area contributed by atoms with Crippen molar-refractivity contribution >= 4 is 38.1 Å². The Hall–Kier alpha value is -4.88. The molecule has 6 aromatic carbocycles. The molecular weight excluding hydrogens is 470 g/mol. The van der Waals surface area contributed by atoms with E-state index in [1.54, 1.807) is 0 Å². The van der Waals surface area contributed by atoms with Crippen LogP contribution in [0.4, 0.5) is 0 Å². The Bertz CT molecular complexity index is 2180. The summed E-state index contributed by atoms with van der Waals surface area (Å²) in [5.41, 5.74) is 14.1. The van der Waals surface area contributed by atoms with Crippen molar-refractivity contribution in [3.63, 3.8) is 0 Å². The summed E-state index contributed by atoms with van der Waals surface area (Å²) in [6, 6.07) is 46.8. The first-order valence-electron chi connectivity index (χ1n) is 13.6. The van der Waals surface area contributed by atoms with Gasteiger partial charge >= 0.3 is 0 Å². The Morgan fingerprint density at radius 2 is 0.949 bits per heavy atom. The maximum Gasteiger partial charge on any atom is 0.0620 e. The molecule has 0 amide bonds. The van der Waals surface area contributed by atoms with Crippen LogP contribution in [0.1, 0.15) is 11.1 Å². The summed E-state index contributed by atoms with van der Waals surface area (Å²) in [7, 11) is 0. The highest BCUT2D eigenvalue weighted by Crippen LogP contribution is 2.41. The van der Waals surface area contributed by atoms with E-state index < -0.39 is 0 Å². The molecule has 8 rings (SSSR count). The Morgan fingerprint density at radius 1 is 0.385 bits per heavy atom. The van der Waals surface area contributed by atoms with Gasteiger partial charge in [-0.2, -0.15) is 0 Å². The average molecular weight is 498 g/mol. The molecule has 0 unspecified atom stereocenters. The molecule has 0 aliphatic rings. The molecule has 0 fully saturated rings. The number of nitrogens with zero attached hydrogens (tertiary/aromatic N) is 1. The highest BCUT2D eigenvalue weighted by molar-refractivity contribution is 6.24. The molecule has 0 aliphatic carbocycles. The van der Waals surface area contributed by atoms with Crippen LogP contribution in [-0.2, 0) is 0 Å². The number of benzene rings is 6. The molecule has 2 aromatic heterocycles. The highest BCUT2D eigenvalue weighted by Gasteiger charge is 2.18. The first-order valence-corrected chi connectivity index (χ1v) is 13.6. The van der Waals surface area contributed by atoms with Crippen LogP contribution < -0.4 is 0 Å². The summed E-state index contributed by atoms with van der Waals surface area (Å²) in [5, 5.41) is 5.24. The molecule has 0 saturated carbocycles. The van der Waals surface area contributed by atoms with E-state index in [0.717, 1.165) is 0 Å². The van der Waals surface area contributed by atoms with Crippen LogP contribution in [0, 0.1) is 13.8 Å². The van der Waals surface area contributed by atoms with Crippen molar-refractivity contribution in [3.8, 4) is 33.4 Å². The van der Waals surface area contributed by atoms with Gasteiger partial charge in [-0.15, -0.1) is 0 Å². The third kappa shape index (κ3) is 3.26. The van der Waals surface area contributed by atoms with Gasteiger partial charge in [0.05, 0.1) is 16.6 Å². The monoisotopic (exact) mass is 497 g/mol. The quantitative estimate of drug-likeness (QED) is 0.229. The van der Waals surface area contributed by atoms with Crippen molar-refractivity contribution in [2.24, 2.45) is 0 Å². The van der Waals surface area contributed by atoms with E-state index in [1.807, 2.05) is 0 Å². The second kappa shape index (κ2) is 8.31. The van der Waals surface area contributed by atoms with Crippen LogP contribution >= 0.6 is 0 Å². The van der Waals surface area contributed by atoms with Gasteiger partial charge < -0.3 is 4.40 Å². The number of para-hydroxylation sites is 1. The highest BCUT2D eigenvalue weighted by atomic mass is 14.9. The van der Waals surface area contributed by atoms with Gasteiger partial charge in [0.2, 0.25) is 0 Å². The predicted molar refractivity (Wildman–Crippen MR) is 167 cm³/mol. The van der Waals surface area contributed by atoms with E-state index in [4.69, 9.17) is 0 Å². The fraction of sp³-hybridized carbons (Fsp3) is 0.0526. The summed E-state index contributed by atoms with van der Waals surface area (Å²) in [5.74, 6) is 0. The van der Waals surface area contributed by atoms with E-state index in [1.165, 1.54) is 82.6 Å². The minimum atomic E-state index is 1.25. The minimum Gasteiger partial charge on any atom is -0.308 e. The summed E-state index contributed by atoms with van der Waals surface area (Å²) in [6.07, 6.45) is 0. The fourth-order valence-corrected chi connectivity index (χ4v) is 6.44. The van der Waals surface area contributed by atoms with Crippen molar-refractivity contribution in [3.05, 3.63) is 139 Å². The van der Waals surface area contributed by atoms with Crippen LogP contribution in [0.5, 0.6) is 0 Å². The van der Waals surface area contributed by atoms with Crippen molar-refractivity contribution in [2.75, 3.05) is 0 Å². The molecule has 0 atom stereocenters. The summed E-state index contributed by atoms with van der Waals surface area (Å²) < 4.78 is 2.46. The van der Waals surface area contributed by atoms with E-state index in [0.29, 0.717) is 0 Å². The van der Waals surface area contributed by atoms with Crippen LogP contribution in [0.25, 0.3) is 71.5 Å². The second-order valence-electron chi connectivity index (χ2n) is 10.7. The van der Waals surface area contributed by atoms with Crippen LogP contribution in [0.2, 0.25) is 0 Å². The smallest absolute Gasteiger partial charge is 0.0620 e. The molecule has 184 valence electrons. The third-order valence-electron chi connectivity index (χ3n) is 8.43. The first kappa shape index (κ1) is 22.1. The third-order valence-corrected chi connectivity index (χ3v) is 8.43. The Morgan fingerprint density at radius 3 is 1.64 bits per heavy atom. The van der Waals surface area contributed by atoms with Crippen LogP contribution in [-0.4, -0.2) is 4.40 Å². The van der Waals surface area contributed by atoms with Gasteiger partial charge in [-0.1, -0.05) is 97.1 Å². The number of fused-ring (bicyclic) bond motifs is 6. The second-order valence-corrected chi connectivity index (χ2v) is 10.7. The average Bonchev–Trinajstić information content (AvgIpc) is 3.50. The number of aromatic nitrogens is 1. The number of hydrogen-bond acceptors (Lipinski definition) is 0. The first-order chi connectivity index (χ1) is 19.2. The summed E-state index contributed by atoms with van der Waals surface area (Å²) in [6.45, 7) is 4.40. The van der Waals surface area contributed by atoms with Crippen molar-refractivity contribution in [2.45, 2.75) is 13.8 Å². The van der Waals surface area contributed by atoms with Crippen molar-refractivity contribution < 1.29 is 0 Å². The molecule has 2 heterocycles. The molecule has 1 nitrogen and oxygen atoms in total. The van der Waals surface area contributed by atoms with Gasteiger partial charge in [0.15, 0.2) is 0 Å². The summed E-state index contributed by atoms with van der Waals surface area (Å²) >= 11 is 0. The van der Waals surface area contributed by atoms with E-state index in [2.05, 4.69) is 146 Å². The number of hydrogen-bond donors (Lipinski definition) is 0. The molecule has 0 bridgehead atoms. The van der Waals surface area contributed by atoms with Gasteiger partial charge in [0, 0.05) is 21.5 Å². The molecule has 39 heavy (non-hydrogen) atoms. The lowest BCUT2D eigenvalue weighted by Crippen LogP contribution is -1.89. The number of aryl methyl sites for hydroxylation is 2. The normalized spacial score (nSPS) is 11.8. The van der Waals surface area contributed by atoms with Crippen molar-refractivity contribution in [1.29, 1.82) is 0 Å². The van der Waals surface area contributed by atoms with E-state index in [9.17, 15) is 0 Å². The minimum absolute atomic E-state index is 1.25. The summed E-state index contributed by atoms with van der Waals surface area (Å²) in [4.78, 5) is 0. The zero-order chi connectivity index (χ0) is 26.1. The van der Waals surface area contributed by atoms with Crippen molar-refractivity contribution in [1.82, 2.24) is 4.40 Å². The lowest BCUT2D eigenvalue weighted by molar-refractivity contribution is 1.37. The lowest BCUT2D eigenvalue weighted by Gasteiger charge is -2.12. The molecule has 0 aliphatic heterocycles. The molecule has 0 spiro atoms. The topological polar surface area (TPSA) is 4.41 Å². The van der Waals surface area contributed by atoms with E-state index >= 15 is 0 Å². The predicted octanol–water partition coefficient (Wildman–Crippen LogP) is 10.5. The fourth-order valence-electron chi connectivity index (χ4n) is 6.44. The zero-order valence-electron chi connectivity index (χ0n) is 22.1. The lowest BCUT2D eigenvalue weighted by atomic mass is 9.92. The zero-order valence-corrected chi connectivity index (χ0v) is 22.1. The molecule has 0 saturated heterocycles. The maximum absolute atomic E-state index is 2.46. The van der Waals surface area contributed by atoms with Crippen LogP contribution in [0.3, 0.4) is 0 Å².